The Morgan fingerprint density at radius 3 is 2.32 bits per heavy atom. The molecule has 6 heteroatoms. The van der Waals surface area contributed by atoms with Crippen LogP contribution in [0.25, 0.3) is 0 Å². The Bertz CT molecular complexity index is 786. The third-order valence-corrected chi connectivity index (χ3v) is 4.46. The van der Waals surface area contributed by atoms with E-state index in [4.69, 9.17) is 0 Å². The predicted octanol–water partition coefficient (Wildman–Crippen LogP) is 3.94. The van der Waals surface area contributed by atoms with E-state index in [0.717, 1.165) is 22.9 Å². The number of nitrogens with one attached hydrogen (secondary N) is 1. The lowest BCUT2D eigenvalue weighted by Crippen LogP contribution is -2.50. The quantitative estimate of drug-likeness (QED) is 0.895. The number of carbonyl (C=O) groups excluding carboxylic acids is 1. The summed E-state index contributed by atoms with van der Waals surface area (Å²) < 4.78 is 26.4. The van der Waals surface area contributed by atoms with Gasteiger partial charge in [0.15, 0.2) is 11.6 Å². The van der Waals surface area contributed by atoms with E-state index in [9.17, 15) is 13.6 Å². The fourth-order valence-corrected chi connectivity index (χ4v) is 3.00. The fraction of sp³-hybridized carbons (Fsp3) is 0.316. The van der Waals surface area contributed by atoms with Crippen LogP contribution >= 0.6 is 0 Å². The van der Waals surface area contributed by atoms with Crippen LogP contribution in [0.3, 0.4) is 0 Å². The normalized spacial score (nSPS) is 14.6. The molecule has 1 fully saturated rings. The van der Waals surface area contributed by atoms with Crippen molar-refractivity contribution in [3.05, 3.63) is 59.2 Å². The molecule has 0 radical (unpaired) electrons. The molecule has 1 N–H and O–H groups in total. The molecule has 25 heavy (non-hydrogen) atoms. The maximum atomic E-state index is 13.4. The number of nitrogens with zero attached hydrogens (tertiary/aromatic N) is 2. The first kappa shape index (κ1) is 17.2. The van der Waals surface area contributed by atoms with Crippen LogP contribution < -0.4 is 10.2 Å². The van der Waals surface area contributed by atoms with Gasteiger partial charge in [0, 0.05) is 43.6 Å². The van der Waals surface area contributed by atoms with Gasteiger partial charge in [0.05, 0.1) is 0 Å². The van der Waals surface area contributed by atoms with Crippen molar-refractivity contribution in [1.29, 1.82) is 0 Å². The van der Waals surface area contributed by atoms with Gasteiger partial charge in [-0.1, -0.05) is 17.7 Å². The average Bonchev–Trinajstić information content (AvgIpc) is 2.60. The zero-order chi connectivity index (χ0) is 18.0. The van der Waals surface area contributed by atoms with Crippen molar-refractivity contribution in [1.82, 2.24) is 4.90 Å². The topological polar surface area (TPSA) is 35.6 Å². The van der Waals surface area contributed by atoms with Crippen LogP contribution in [0.1, 0.15) is 11.1 Å². The van der Waals surface area contributed by atoms with E-state index in [1.54, 1.807) is 11.0 Å². The molecule has 0 atom stereocenters. The first-order chi connectivity index (χ1) is 11.9. The minimum Gasteiger partial charge on any atom is -0.368 e. The van der Waals surface area contributed by atoms with Crippen molar-refractivity contribution in [3.8, 4) is 0 Å². The van der Waals surface area contributed by atoms with Gasteiger partial charge in [0.1, 0.15) is 0 Å². The molecular formula is C19H21F2N3O. The Labute approximate surface area is 146 Å². The summed E-state index contributed by atoms with van der Waals surface area (Å²) in [6.07, 6.45) is 0. The monoisotopic (exact) mass is 345 g/mol. The summed E-state index contributed by atoms with van der Waals surface area (Å²) >= 11 is 0. The van der Waals surface area contributed by atoms with Crippen molar-refractivity contribution in [2.24, 2.45) is 0 Å². The maximum absolute atomic E-state index is 13.4. The van der Waals surface area contributed by atoms with E-state index in [1.807, 2.05) is 36.9 Å². The van der Waals surface area contributed by atoms with E-state index in [2.05, 4.69) is 5.32 Å². The summed E-state index contributed by atoms with van der Waals surface area (Å²) in [6.45, 7) is 6.17. The molecule has 0 aromatic heterocycles. The first-order valence-electron chi connectivity index (χ1n) is 8.27. The van der Waals surface area contributed by atoms with Gasteiger partial charge in [-0.15, -0.1) is 0 Å². The summed E-state index contributed by atoms with van der Waals surface area (Å²) in [5.41, 5.74) is 3.61. The van der Waals surface area contributed by atoms with E-state index in [-0.39, 0.29) is 6.03 Å². The predicted molar refractivity (Wildman–Crippen MR) is 95.1 cm³/mol. The van der Waals surface area contributed by atoms with Gasteiger partial charge in [0.25, 0.3) is 0 Å². The molecule has 2 amide bonds. The molecular weight excluding hydrogens is 324 g/mol. The number of hydrogen-bond donors (Lipinski definition) is 1. The largest absolute Gasteiger partial charge is 0.368 e. The van der Waals surface area contributed by atoms with Gasteiger partial charge >= 0.3 is 6.03 Å². The third-order valence-electron chi connectivity index (χ3n) is 4.46. The van der Waals surface area contributed by atoms with Crippen molar-refractivity contribution >= 4 is 17.4 Å². The number of piperazine rings is 1. The van der Waals surface area contributed by atoms with Crippen molar-refractivity contribution in [2.75, 3.05) is 36.4 Å². The average molecular weight is 345 g/mol. The van der Waals surface area contributed by atoms with Gasteiger partial charge < -0.3 is 15.1 Å². The summed E-state index contributed by atoms with van der Waals surface area (Å²) in [5.74, 6) is -1.71. The minimum absolute atomic E-state index is 0.142. The molecule has 0 saturated carbocycles. The Kier molecular flexibility index (Phi) is 4.88. The molecule has 132 valence electrons. The smallest absolute Gasteiger partial charge is 0.321 e. The maximum Gasteiger partial charge on any atom is 0.321 e. The van der Waals surface area contributed by atoms with Gasteiger partial charge in [-0.2, -0.15) is 0 Å². The van der Waals surface area contributed by atoms with Crippen molar-refractivity contribution < 1.29 is 13.6 Å². The van der Waals surface area contributed by atoms with Crippen molar-refractivity contribution in [2.45, 2.75) is 13.8 Å². The van der Waals surface area contributed by atoms with Crippen molar-refractivity contribution in [3.63, 3.8) is 0 Å². The Hall–Kier alpha value is -2.63. The first-order valence-corrected chi connectivity index (χ1v) is 8.27. The summed E-state index contributed by atoms with van der Waals surface area (Å²) in [7, 11) is 0. The number of benzene rings is 2. The number of rotatable bonds is 2. The van der Waals surface area contributed by atoms with E-state index in [1.165, 1.54) is 6.07 Å². The Morgan fingerprint density at radius 1 is 0.960 bits per heavy atom. The van der Waals surface area contributed by atoms with Crippen LogP contribution in [0, 0.1) is 25.5 Å². The highest BCUT2D eigenvalue weighted by Gasteiger charge is 2.22. The van der Waals surface area contributed by atoms with E-state index < -0.39 is 11.6 Å². The number of carbonyl (C=O) groups is 1. The lowest BCUT2D eigenvalue weighted by Gasteiger charge is -2.36. The van der Waals surface area contributed by atoms with Crippen LogP contribution in [0.15, 0.2) is 36.4 Å². The molecule has 1 aliphatic rings. The zero-order valence-corrected chi connectivity index (χ0v) is 14.4. The number of anilines is 2. The molecule has 0 aliphatic carbocycles. The highest BCUT2D eigenvalue weighted by Crippen LogP contribution is 2.21. The SMILES string of the molecule is Cc1ccc(NC(=O)N2CCN(c3ccc(F)c(F)c3)CC2)c(C)c1. The fourth-order valence-electron chi connectivity index (χ4n) is 3.00. The number of hydrogen-bond acceptors (Lipinski definition) is 2. The zero-order valence-electron chi connectivity index (χ0n) is 14.4. The third kappa shape index (κ3) is 3.90. The molecule has 0 spiro atoms. The van der Waals surface area contributed by atoms with Crippen LogP contribution in [0.2, 0.25) is 0 Å². The molecule has 2 aromatic rings. The molecule has 3 rings (SSSR count). The second-order valence-electron chi connectivity index (χ2n) is 6.32. The van der Waals surface area contributed by atoms with Gasteiger partial charge in [-0.3, -0.25) is 0 Å². The van der Waals surface area contributed by atoms with E-state index >= 15 is 0 Å². The molecule has 0 bridgehead atoms. The number of halogens is 2. The van der Waals surface area contributed by atoms with Crippen LogP contribution in [-0.4, -0.2) is 37.1 Å². The van der Waals surface area contributed by atoms with Crippen LogP contribution in [-0.2, 0) is 0 Å². The van der Waals surface area contributed by atoms with E-state index in [0.29, 0.717) is 31.9 Å². The van der Waals surface area contributed by atoms with Gasteiger partial charge in [-0.25, -0.2) is 13.6 Å². The molecule has 1 heterocycles. The van der Waals surface area contributed by atoms with Gasteiger partial charge in [0.2, 0.25) is 0 Å². The summed E-state index contributed by atoms with van der Waals surface area (Å²) in [4.78, 5) is 16.1. The summed E-state index contributed by atoms with van der Waals surface area (Å²) in [5, 5.41) is 2.94. The lowest BCUT2D eigenvalue weighted by molar-refractivity contribution is 0.208. The number of aryl methyl sites for hydroxylation is 2. The second kappa shape index (κ2) is 7.09. The highest BCUT2D eigenvalue weighted by atomic mass is 19.2. The standard InChI is InChI=1S/C19H21F2N3O/c1-13-3-6-18(14(2)11-13)22-19(25)24-9-7-23(8-10-24)15-4-5-16(20)17(21)12-15/h3-6,11-12H,7-10H2,1-2H3,(H,22,25). The summed E-state index contributed by atoms with van der Waals surface area (Å²) in [6, 6.07) is 9.63. The molecule has 2 aromatic carbocycles. The van der Waals surface area contributed by atoms with Crippen LogP contribution in [0.5, 0.6) is 0 Å². The molecule has 4 nitrogen and oxygen atoms in total. The Morgan fingerprint density at radius 2 is 1.68 bits per heavy atom. The van der Waals surface area contributed by atoms with Gasteiger partial charge in [-0.05, 0) is 37.6 Å². The highest BCUT2D eigenvalue weighted by molar-refractivity contribution is 5.90. The number of urea groups is 1. The molecule has 1 aliphatic heterocycles. The van der Waals surface area contributed by atoms with Crippen LogP contribution in [0.4, 0.5) is 25.0 Å². The minimum atomic E-state index is -0.854. The second-order valence-corrected chi connectivity index (χ2v) is 6.32. The number of amides is 2. The molecule has 0 unspecified atom stereocenters. The lowest BCUT2D eigenvalue weighted by atomic mass is 10.1. The molecule has 1 saturated heterocycles. The Balaban J connectivity index is 1.59.